The topological polar surface area (TPSA) is 59.4 Å². The molecule has 0 amide bonds. The summed E-state index contributed by atoms with van der Waals surface area (Å²) in [6, 6.07) is 23.5. The number of carboxylic acids is 1. The van der Waals surface area contributed by atoms with Crippen LogP contribution in [0.15, 0.2) is 72.8 Å². The number of fused-ring (bicyclic) bond motifs is 2. The minimum absolute atomic E-state index is 0.202. The fraction of sp³-hybridized carbons (Fsp3) is 0.111. The number of carbonyl (C=O) groups is 1. The number of aromatic nitrogens is 1. The van der Waals surface area contributed by atoms with E-state index < -0.39 is 5.97 Å². The summed E-state index contributed by atoms with van der Waals surface area (Å²) in [5, 5.41) is 11.8. The molecule has 0 bridgehead atoms. The molecule has 0 atom stereocenters. The Bertz CT molecular complexity index is 1470. The highest BCUT2D eigenvalue weighted by molar-refractivity contribution is 7.22. The summed E-state index contributed by atoms with van der Waals surface area (Å²) in [4.78, 5) is 18.2. The van der Waals surface area contributed by atoms with Gasteiger partial charge in [0.1, 0.15) is 12.4 Å². The van der Waals surface area contributed by atoms with Crippen LogP contribution < -0.4 is 4.74 Å². The fourth-order valence-corrected chi connectivity index (χ4v) is 5.17. The zero-order valence-electron chi connectivity index (χ0n) is 17.8. The lowest BCUT2D eigenvalue weighted by Crippen LogP contribution is -2.04. The van der Waals surface area contributed by atoms with Crippen molar-refractivity contribution in [3.05, 3.63) is 95.1 Å². The molecular weight excluding hydrogens is 418 g/mol. The van der Waals surface area contributed by atoms with Crippen molar-refractivity contribution in [2.75, 3.05) is 0 Å². The molecule has 2 heterocycles. The van der Waals surface area contributed by atoms with Crippen LogP contribution in [0.4, 0.5) is 0 Å². The van der Waals surface area contributed by atoms with Crippen LogP contribution in [0.5, 0.6) is 5.75 Å². The van der Waals surface area contributed by atoms with Gasteiger partial charge in [-0.15, -0.1) is 11.3 Å². The van der Waals surface area contributed by atoms with Gasteiger partial charge < -0.3 is 9.84 Å². The highest BCUT2D eigenvalue weighted by Crippen LogP contribution is 2.40. The van der Waals surface area contributed by atoms with Crippen LogP contribution in [0.25, 0.3) is 31.6 Å². The standard InChI is InChI=1S/C27H21NO3S/c1-16-12-13-22(31-15-18-8-4-3-5-9-18)24-20(27(29)30)14-21(28-25(16)24)26-17(2)19-10-6-7-11-23(19)32-26/h3-14H,15H2,1-2H3,(H,29,30). The van der Waals surface area contributed by atoms with Crippen molar-refractivity contribution in [3.8, 4) is 16.3 Å². The summed E-state index contributed by atoms with van der Waals surface area (Å²) >= 11 is 1.64. The van der Waals surface area contributed by atoms with Crippen LogP contribution in [0, 0.1) is 13.8 Å². The number of ether oxygens (including phenoxy) is 1. The Labute approximate surface area is 189 Å². The third-order valence-electron chi connectivity index (χ3n) is 5.67. The molecule has 5 aromatic rings. The maximum Gasteiger partial charge on any atom is 0.336 e. The van der Waals surface area contributed by atoms with E-state index in [4.69, 9.17) is 9.72 Å². The Morgan fingerprint density at radius 1 is 1.00 bits per heavy atom. The number of thiophene rings is 1. The van der Waals surface area contributed by atoms with Gasteiger partial charge in [-0.25, -0.2) is 9.78 Å². The average Bonchev–Trinajstić information content (AvgIpc) is 3.15. The first-order valence-corrected chi connectivity index (χ1v) is 11.2. The summed E-state index contributed by atoms with van der Waals surface area (Å²) in [5.74, 6) is -0.466. The number of carboxylic acid groups (broad SMARTS) is 1. The maximum absolute atomic E-state index is 12.3. The molecule has 158 valence electrons. The van der Waals surface area contributed by atoms with Gasteiger partial charge in [0.05, 0.1) is 27.0 Å². The molecule has 0 fully saturated rings. The van der Waals surface area contributed by atoms with Crippen molar-refractivity contribution in [1.82, 2.24) is 4.98 Å². The minimum atomic E-state index is -0.993. The van der Waals surface area contributed by atoms with Crippen molar-refractivity contribution < 1.29 is 14.6 Å². The molecule has 0 aliphatic rings. The van der Waals surface area contributed by atoms with E-state index in [1.165, 1.54) is 5.39 Å². The molecule has 5 heteroatoms. The largest absolute Gasteiger partial charge is 0.488 e. The van der Waals surface area contributed by atoms with Crippen molar-refractivity contribution in [1.29, 1.82) is 0 Å². The van der Waals surface area contributed by atoms with E-state index in [1.807, 2.05) is 61.5 Å². The fourth-order valence-electron chi connectivity index (χ4n) is 4.00. The first-order valence-electron chi connectivity index (χ1n) is 10.4. The Kier molecular flexibility index (Phi) is 5.11. The second-order valence-corrected chi connectivity index (χ2v) is 8.84. The molecule has 0 aliphatic heterocycles. The zero-order chi connectivity index (χ0) is 22.2. The van der Waals surface area contributed by atoms with Crippen molar-refractivity contribution in [3.63, 3.8) is 0 Å². The zero-order valence-corrected chi connectivity index (χ0v) is 18.6. The van der Waals surface area contributed by atoms with Gasteiger partial charge in [0, 0.05) is 4.70 Å². The van der Waals surface area contributed by atoms with Gasteiger partial charge in [0.15, 0.2) is 0 Å². The highest BCUT2D eigenvalue weighted by atomic mass is 32.1. The van der Waals surface area contributed by atoms with E-state index in [0.29, 0.717) is 29.0 Å². The number of benzene rings is 3. The first kappa shape index (κ1) is 20.2. The van der Waals surface area contributed by atoms with Crippen LogP contribution in [0.2, 0.25) is 0 Å². The molecular formula is C27H21NO3S. The molecule has 3 aromatic carbocycles. The summed E-state index contributed by atoms with van der Waals surface area (Å²) in [6.45, 7) is 4.37. The van der Waals surface area contributed by atoms with E-state index in [-0.39, 0.29) is 5.56 Å². The van der Waals surface area contributed by atoms with Gasteiger partial charge in [0.2, 0.25) is 0 Å². The number of rotatable bonds is 5. The molecule has 0 radical (unpaired) electrons. The molecule has 32 heavy (non-hydrogen) atoms. The lowest BCUT2D eigenvalue weighted by molar-refractivity contribution is 0.0698. The van der Waals surface area contributed by atoms with Gasteiger partial charge in [-0.1, -0.05) is 54.6 Å². The number of nitrogens with zero attached hydrogens (tertiary/aromatic N) is 1. The van der Waals surface area contributed by atoms with Gasteiger partial charge in [-0.3, -0.25) is 0 Å². The van der Waals surface area contributed by atoms with E-state index in [2.05, 4.69) is 19.1 Å². The lowest BCUT2D eigenvalue weighted by atomic mass is 10.0. The number of pyridine rings is 1. The van der Waals surface area contributed by atoms with Crippen molar-refractivity contribution >= 4 is 38.3 Å². The van der Waals surface area contributed by atoms with Crippen molar-refractivity contribution in [2.24, 2.45) is 0 Å². The van der Waals surface area contributed by atoms with E-state index >= 15 is 0 Å². The van der Waals surface area contributed by atoms with E-state index in [1.54, 1.807) is 17.4 Å². The molecule has 2 aromatic heterocycles. The second-order valence-electron chi connectivity index (χ2n) is 7.79. The molecule has 1 N–H and O–H groups in total. The normalized spacial score (nSPS) is 11.2. The van der Waals surface area contributed by atoms with Crippen LogP contribution in [0.3, 0.4) is 0 Å². The third-order valence-corrected chi connectivity index (χ3v) is 6.96. The number of hydrogen-bond donors (Lipinski definition) is 1. The molecule has 0 unspecified atom stereocenters. The molecule has 0 saturated heterocycles. The quantitative estimate of drug-likeness (QED) is 0.320. The van der Waals surface area contributed by atoms with Crippen molar-refractivity contribution in [2.45, 2.75) is 20.5 Å². The third kappa shape index (κ3) is 3.51. The smallest absolute Gasteiger partial charge is 0.336 e. The van der Waals surface area contributed by atoms with Crippen LogP contribution in [-0.4, -0.2) is 16.1 Å². The van der Waals surface area contributed by atoms with Crippen LogP contribution in [-0.2, 0) is 6.61 Å². The minimum Gasteiger partial charge on any atom is -0.488 e. The first-order chi connectivity index (χ1) is 15.5. The van der Waals surface area contributed by atoms with Gasteiger partial charge >= 0.3 is 5.97 Å². The number of aromatic carboxylic acids is 1. The SMILES string of the molecule is Cc1c(-c2cc(C(=O)O)c3c(OCc4ccccc4)ccc(C)c3n2)sc2ccccc12. The Morgan fingerprint density at radius 2 is 1.75 bits per heavy atom. The predicted molar refractivity (Wildman–Crippen MR) is 130 cm³/mol. The van der Waals surface area contributed by atoms with Gasteiger partial charge in [-0.2, -0.15) is 0 Å². The van der Waals surface area contributed by atoms with Crippen LogP contribution in [0.1, 0.15) is 27.0 Å². The number of hydrogen-bond acceptors (Lipinski definition) is 4. The van der Waals surface area contributed by atoms with Gasteiger partial charge in [-0.05, 0) is 54.1 Å². The summed E-state index contributed by atoms with van der Waals surface area (Å²) in [5.41, 5.74) is 4.58. The molecule has 4 nitrogen and oxygen atoms in total. The molecule has 0 saturated carbocycles. The highest BCUT2D eigenvalue weighted by Gasteiger charge is 2.20. The molecule has 5 rings (SSSR count). The van der Waals surface area contributed by atoms with E-state index in [9.17, 15) is 9.90 Å². The monoisotopic (exact) mass is 439 g/mol. The Balaban J connectivity index is 1.68. The second kappa shape index (κ2) is 8.09. The van der Waals surface area contributed by atoms with E-state index in [0.717, 1.165) is 26.3 Å². The Morgan fingerprint density at radius 3 is 2.50 bits per heavy atom. The predicted octanol–water partition coefficient (Wildman–Crippen LogP) is 7.01. The van der Waals surface area contributed by atoms with Crippen LogP contribution >= 0.6 is 11.3 Å². The maximum atomic E-state index is 12.3. The van der Waals surface area contributed by atoms with Gasteiger partial charge in [0.25, 0.3) is 0 Å². The molecule has 0 spiro atoms. The summed E-state index contributed by atoms with van der Waals surface area (Å²) < 4.78 is 7.23. The summed E-state index contributed by atoms with van der Waals surface area (Å²) in [7, 11) is 0. The average molecular weight is 440 g/mol. The summed E-state index contributed by atoms with van der Waals surface area (Å²) in [6.07, 6.45) is 0. The number of aryl methyl sites for hydroxylation is 2. The Hall–Kier alpha value is -3.70. The lowest BCUT2D eigenvalue weighted by Gasteiger charge is -2.14. The molecule has 0 aliphatic carbocycles.